The highest BCUT2D eigenvalue weighted by molar-refractivity contribution is 7.87. The van der Waals surface area contributed by atoms with Gasteiger partial charge in [-0.15, -0.1) is 0 Å². The lowest BCUT2D eigenvalue weighted by atomic mass is 10.1. The van der Waals surface area contributed by atoms with Gasteiger partial charge in [-0.05, 0) is 26.2 Å². The van der Waals surface area contributed by atoms with E-state index < -0.39 is 10.2 Å². The van der Waals surface area contributed by atoms with Crippen molar-refractivity contribution in [2.45, 2.75) is 38.6 Å². The third kappa shape index (κ3) is 4.81. The molecule has 6 nitrogen and oxygen atoms in total. The molecule has 1 heterocycles. The van der Waals surface area contributed by atoms with Gasteiger partial charge in [0.2, 0.25) is 0 Å². The zero-order valence-electron chi connectivity index (χ0n) is 11.1. The van der Waals surface area contributed by atoms with Gasteiger partial charge in [-0.2, -0.15) is 12.7 Å². The Hall–Kier alpha value is -0.210. The highest BCUT2D eigenvalue weighted by atomic mass is 32.2. The van der Waals surface area contributed by atoms with E-state index in [-0.39, 0.29) is 6.04 Å². The molecule has 7 heteroatoms. The maximum absolute atomic E-state index is 12.1. The van der Waals surface area contributed by atoms with Crippen LogP contribution in [0.4, 0.5) is 0 Å². The van der Waals surface area contributed by atoms with Crippen LogP contribution in [0.15, 0.2) is 0 Å². The van der Waals surface area contributed by atoms with E-state index in [0.717, 1.165) is 19.3 Å². The van der Waals surface area contributed by atoms with Crippen molar-refractivity contribution >= 4 is 10.2 Å². The molecule has 0 bridgehead atoms. The number of nitrogens with one attached hydrogen (secondary N) is 1. The zero-order valence-corrected chi connectivity index (χ0v) is 11.9. The lowest BCUT2D eigenvalue weighted by Crippen LogP contribution is -2.51. The normalized spacial score (nSPS) is 22.2. The summed E-state index contributed by atoms with van der Waals surface area (Å²) in [6.07, 6.45) is 3.51. The second-order valence-corrected chi connectivity index (χ2v) is 6.15. The highest BCUT2D eigenvalue weighted by Crippen LogP contribution is 2.18. The van der Waals surface area contributed by atoms with E-state index in [1.807, 2.05) is 6.92 Å². The first-order chi connectivity index (χ1) is 8.61. The Morgan fingerprint density at radius 1 is 1.44 bits per heavy atom. The number of nitrogens with two attached hydrogens (primary N) is 1. The minimum atomic E-state index is -3.38. The number of hydrogen-bond donors (Lipinski definition) is 2. The fraction of sp³-hybridized carbons (Fsp3) is 1.00. The van der Waals surface area contributed by atoms with E-state index >= 15 is 0 Å². The zero-order chi connectivity index (χ0) is 13.4. The molecular weight excluding hydrogens is 254 g/mol. The topological polar surface area (TPSA) is 84.7 Å². The average molecular weight is 279 g/mol. The molecule has 0 amide bonds. The van der Waals surface area contributed by atoms with E-state index in [0.29, 0.717) is 39.3 Å². The van der Waals surface area contributed by atoms with Gasteiger partial charge in [-0.1, -0.05) is 6.42 Å². The molecule has 1 unspecified atom stereocenters. The van der Waals surface area contributed by atoms with Gasteiger partial charge in [0.25, 0.3) is 10.2 Å². The van der Waals surface area contributed by atoms with E-state index in [9.17, 15) is 8.42 Å². The second kappa shape index (κ2) is 8.06. The quantitative estimate of drug-likeness (QED) is 0.615. The van der Waals surface area contributed by atoms with Crippen molar-refractivity contribution in [1.82, 2.24) is 9.03 Å². The first-order valence-electron chi connectivity index (χ1n) is 6.66. The first-order valence-corrected chi connectivity index (χ1v) is 8.10. The fourth-order valence-corrected chi connectivity index (χ4v) is 3.65. The third-order valence-electron chi connectivity index (χ3n) is 3.11. The van der Waals surface area contributed by atoms with Crippen LogP contribution < -0.4 is 10.5 Å². The minimum Gasteiger partial charge on any atom is -0.382 e. The van der Waals surface area contributed by atoms with E-state index in [1.54, 1.807) is 0 Å². The minimum absolute atomic E-state index is 0.0526. The largest absolute Gasteiger partial charge is 0.382 e. The average Bonchev–Trinajstić information content (AvgIpc) is 2.38. The molecule has 0 aromatic carbocycles. The highest BCUT2D eigenvalue weighted by Gasteiger charge is 2.30. The van der Waals surface area contributed by atoms with Gasteiger partial charge >= 0.3 is 0 Å². The Bertz CT molecular complexity index is 321. The summed E-state index contributed by atoms with van der Waals surface area (Å²) in [5, 5.41) is 0. The SMILES string of the molecule is CCOCCCNS(=O)(=O)N1CCCCC1CN. The predicted molar refractivity (Wildman–Crippen MR) is 71.4 cm³/mol. The predicted octanol–water partition coefficient (Wildman–Crippen LogP) is 0.0606. The Balaban J connectivity index is 2.41. The van der Waals surface area contributed by atoms with Crippen LogP contribution in [0.25, 0.3) is 0 Å². The van der Waals surface area contributed by atoms with Crippen molar-refractivity contribution in [2.24, 2.45) is 5.73 Å². The summed E-state index contributed by atoms with van der Waals surface area (Å²) in [4.78, 5) is 0. The molecule has 1 aliphatic rings. The second-order valence-electron chi connectivity index (χ2n) is 4.45. The van der Waals surface area contributed by atoms with Gasteiger partial charge in [0.1, 0.15) is 0 Å². The molecule has 0 radical (unpaired) electrons. The number of nitrogens with zero attached hydrogens (tertiary/aromatic N) is 1. The molecule has 0 saturated carbocycles. The lowest BCUT2D eigenvalue weighted by molar-refractivity contribution is 0.145. The van der Waals surface area contributed by atoms with Gasteiger partial charge in [-0.3, -0.25) is 0 Å². The first kappa shape index (κ1) is 15.8. The summed E-state index contributed by atoms with van der Waals surface area (Å²) in [6.45, 7) is 4.54. The molecule has 0 aromatic rings. The summed E-state index contributed by atoms with van der Waals surface area (Å²) in [5.41, 5.74) is 5.63. The molecule has 1 aliphatic heterocycles. The standard InChI is InChI=1S/C11H25N3O3S/c1-2-17-9-5-7-13-18(15,16)14-8-4-3-6-11(14)10-12/h11,13H,2-10,12H2,1H3. The smallest absolute Gasteiger partial charge is 0.279 e. The molecule has 1 fully saturated rings. The van der Waals surface area contributed by atoms with Crippen molar-refractivity contribution in [3.05, 3.63) is 0 Å². The summed E-state index contributed by atoms with van der Waals surface area (Å²) in [5.74, 6) is 0. The van der Waals surface area contributed by atoms with Crippen LogP contribution in [0.5, 0.6) is 0 Å². The molecule has 0 aromatic heterocycles. The van der Waals surface area contributed by atoms with Gasteiger partial charge in [0.05, 0.1) is 0 Å². The van der Waals surface area contributed by atoms with Crippen molar-refractivity contribution < 1.29 is 13.2 Å². The van der Waals surface area contributed by atoms with Gasteiger partial charge in [-0.25, -0.2) is 4.72 Å². The molecule has 108 valence electrons. The molecule has 0 spiro atoms. The molecule has 1 atom stereocenters. The molecular formula is C11H25N3O3S. The van der Waals surface area contributed by atoms with Crippen molar-refractivity contribution in [3.63, 3.8) is 0 Å². The number of hydrogen-bond acceptors (Lipinski definition) is 4. The van der Waals surface area contributed by atoms with E-state index in [4.69, 9.17) is 10.5 Å². The van der Waals surface area contributed by atoms with Crippen LogP contribution in [0.3, 0.4) is 0 Å². The maximum Gasteiger partial charge on any atom is 0.279 e. The Morgan fingerprint density at radius 2 is 2.22 bits per heavy atom. The third-order valence-corrected chi connectivity index (χ3v) is 4.78. The molecule has 1 saturated heterocycles. The van der Waals surface area contributed by atoms with Crippen LogP contribution in [-0.2, 0) is 14.9 Å². The van der Waals surface area contributed by atoms with Crippen LogP contribution in [0.1, 0.15) is 32.6 Å². The Kier molecular flexibility index (Phi) is 7.10. The summed E-state index contributed by atoms with van der Waals surface area (Å²) < 4.78 is 33.5. The molecule has 1 rings (SSSR count). The summed E-state index contributed by atoms with van der Waals surface area (Å²) >= 11 is 0. The van der Waals surface area contributed by atoms with Gasteiger partial charge in [0, 0.05) is 38.9 Å². The fourth-order valence-electron chi connectivity index (χ4n) is 2.13. The van der Waals surface area contributed by atoms with Crippen LogP contribution in [0, 0.1) is 0 Å². The summed E-state index contributed by atoms with van der Waals surface area (Å²) in [6, 6.07) is -0.0526. The van der Waals surface area contributed by atoms with Crippen molar-refractivity contribution in [2.75, 3.05) is 32.8 Å². The monoisotopic (exact) mass is 279 g/mol. The molecule has 3 N–H and O–H groups in total. The molecule has 0 aliphatic carbocycles. The van der Waals surface area contributed by atoms with Crippen molar-refractivity contribution in [3.8, 4) is 0 Å². The number of piperidine rings is 1. The van der Waals surface area contributed by atoms with Gasteiger partial charge < -0.3 is 10.5 Å². The van der Waals surface area contributed by atoms with E-state index in [1.165, 1.54) is 4.31 Å². The lowest BCUT2D eigenvalue weighted by Gasteiger charge is -2.33. The number of rotatable bonds is 8. The van der Waals surface area contributed by atoms with E-state index in [2.05, 4.69) is 4.72 Å². The molecule has 18 heavy (non-hydrogen) atoms. The van der Waals surface area contributed by atoms with Crippen LogP contribution in [-0.4, -0.2) is 51.6 Å². The summed E-state index contributed by atoms with van der Waals surface area (Å²) in [7, 11) is -3.38. The van der Waals surface area contributed by atoms with Crippen LogP contribution >= 0.6 is 0 Å². The van der Waals surface area contributed by atoms with Gasteiger partial charge in [0.15, 0.2) is 0 Å². The maximum atomic E-state index is 12.1. The van der Waals surface area contributed by atoms with Crippen LogP contribution in [0.2, 0.25) is 0 Å². The number of ether oxygens (including phenoxy) is 1. The Morgan fingerprint density at radius 3 is 2.89 bits per heavy atom. The Labute approximate surface area is 110 Å². The van der Waals surface area contributed by atoms with Crippen molar-refractivity contribution in [1.29, 1.82) is 0 Å².